The molecule has 7 heteroatoms. The zero-order valence-electron chi connectivity index (χ0n) is 15.5. The van der Waals surface area contributed by atoms with E-state index < -0.39 is 6.09 Å². The second-order valence-corrected chi connectivity index (χ2v) is 6.35. The topological polar surface area (TPSA) is 83.4 Å². The van der Waals surface area contributed by atoms with E-state index in [-0.39, 0.29) is 5.91 Å². The molecular weight excluding hydrogens is 368 g/mol. The van der Waals surface area contributed by atoms with Crippen LogP contribution in [0.15, 0.2) is 89.1 Å². The number of rotatable bonds is 5. The lowest BCUT2D eigenvalue weighted by atomic mass is 10.1. The van der Waals surface area contributed by atoms with E-state index in [0.717, 1.165) is 5.69 Å². The molecule has 1 saturated heterocycles. The van der Waals surface area contributed by atoms with Crippen molar-refractivity contribution in [1.29, 1.82) is 0 Å². The van der Waals surface area contributed by atoms with Gasteiger partial charge in [0.25, 0.3) is 5.91 Å². The van der Waals surface area contributed by atoms with E-state index in [1.807, 2.05) is 30.3 Å². The molecule has 29 heavy (non-hydrogen) atoms. The summed E-state index contributed by atoms with van der Waals surface area (Å²) in [6.45, 7) is 0.826. The van der Waals surface area contributed by atoms with Crippen molar-refractivity contribution >= 4 is 34.7 Å². The van der Waals surface area contributed by atoms with Gasteiger partial charge in [0.1, 0.15) is 6.61 Å². The van der Waals surface area contributed by atoms with E-state index in [9.17, 15) is 9.59 Å². The maximum atomic E-state index is 12.6. The van der Waals surface area contributed by atoms with Gasteiger partial charge in [-0.3, -0.25) is 9.69 Å². The predicted octanol–water partition coefficient (Wildman–Crippen LogP) is 5.31. The molecule has 0 unspecified atom stereocenters. The molecule has 1 fully saturated rings. The Kier molecular flexibility index (Phi) is 5.29. The minimum absolute atomic E-state index is 0.266. The number of azo groups is 1. The van der Waals surface area contributed by atoms with Crippen molar-refractivity contribution in [3.8, 4) is 0 Å². The summed E-state index contributed by atoms with van der Waals surface area (Å²) in [5.41, 5.74) is 3.18. The third-order valence-electron chi connectivity index (χ3n) is 4.34. The first-order chi connectivity index (χ1) is 14.2. The number of ether oxygens (including phenoxy) is 1. The van der Waals surface area contributed by atoms with Crippen LogP contribution in [-0.4, -0.2) is 25.2 Å². The summed E-state index contributed by atoms with van der Waals surface area (Å²) in [5.74, 6) is -0.266. The van der Waals surface area contributed by atoms with Crippen molar-refractivity contribution in [3.05, 3.63) is 84.4 Å². The molecule has 0 saturated carbocycles. The number of anilines is 2. The summed E-state index contributed by atoms with van der Waals surface area (Å²) in [7, 11) is 0. The molecule has 1 aliphatic heterocycles. The van der Waals surface area contributed by atoms with Gasteiger partial charge in [-0.15, -0.1) is 0 Å². The lowest BCUT2D eigenvalue weighted by Crippen LogP contribution is -2.23. The van der Waals surface area contributed by atoms with Gasteiger partial charge in [0.15, 0.2) is 0 Å². The first kappa shape index (κ1) is 18.4. The van der Waals surface area contributed by atoms with Gasteiger partial charge in [0, 0.05) is 16.9 Å². The molecular formula is C22H18N4O3. The standard InChI is InChI=1S/C22H18N4O3/c27-21(16-5-4-8-20(15-16)26-13-14-29-22(26)28)23-17-9-11-19(12-10-17)25-24-18-6-2-1-3-7-18/h1-12,15H,13-14H2,(H,23,27). The molecule has 1 heterocycles. The summed E-state index contributed by atoms with van der Waals surface area (Å²) in [6, 6.07) is 23.4. The van der Waals surface area contributed by atoms with Crippen LogP contribution in [0.2, 0.25) is 0 Å². The first-order valence-corrected chi connectivity index (χ1v) is 9.12. The van der Waals surface area contributed by atoms with Crippen molar-refractivity contribution in [2.45, 2.75) is 0 Å². The molecule has 3 aromatic rings. The van der Waals surface area contributed by atoms with Crippen molar-refractivity contribution in [2.24, 2.45) is 10.2 Å². The Balaban J connectivity index is 1.42. The molecule has 0 radical (unpaired) electrons. The molecule has 0 atom stereocenters. The smallest absolute Gasteiger partial charge is 0.414 e. The minimum atomic E-state index is -0.400. The average Bonchev–Trinajstić information content (AvgIpc) is 3.20. The normalized spacial score (nSPS) is 13.5. The van der Waals surface area contributed by atoms with Gasteiger partial charge in [-0.05, 0) is 54.6 Å². The van der Waals surface area contributed by atoms with E-state index in [1.165, 1.54) is 4.90 Å². The first-order valence-electron chi connectivity index (χ1n) is 9.12. The van der Waals surface area contributed by atoms with E-state index in [2.05, 4.69) is 15.5 Å². The van der Waals surface area contributed by atoms with Gasteiger partial charge in [0.2, 0.25) is 0 Å². The van der Waals surface area contributed by atoms with Crippen molar-refractivity contribution in [1.82, 2.24) is 0 Å². The van der Waals surface area contributed by atoms with Gasteiger partial charge in [-0.1, -0.05) is 24.3 Å². The van der Waals surface area contributed by atoms with Crippen LogP contribution in [0, 0.1) is 0 Å². The Bertz CT molecular complexity index is 1050. The van der Waals surface area contributed by atoms with Crippen LogP contribution in [0.5, 0.6) is 0 Å². The van der Waals surface area contributed by atoms with Gasteiger partial charge >= 0.3 is 6.09 Å². The fourth-order valence-electron chi connectivity index (χ4n) is 2.87. The summed E-state index contributed by atoms with van der Waals surface area (Å²) >= 11 is 0. The SMILES string of the molecule is O=C(Nc1ccc(N=Nc2ccccc2)cc1)c1cccc(N2CCOC2=O)c1. The number of carbonyl (C=O) groups is 2. The minimum Gasteiger partial charge on any atom is -0.447 e. The molecule has 0 aliphatic carbocycles. The van der Waals surface area contributed by atoms with Crippen molar-refractivity contribution < 1.29 is 14.3 Å². The Morgan fingerprint density at radius 2 is 1.62 bits per heavy atom. The average molecular weight is 386 g/mol. The van der Waals surface area contributed by atoms with Crippen LogP contribution in [0.1, 0.15) is 10.4 Å². The van der Waals surface area contributed by atoms with Crippen LogP contribution in [0.25, 0.3) is 0 Å². The second kappa shape index (κ2) is 8.35. The maximum Gasteiger partial charge on any atom is 0.414 e. The van der Waals surface area contributed by atoms with E-state index in [4.69, 9.17) is 4.74 Å². The Labute approximate surface area is 167 Å². The van der Waals surface area contributed by atoms with E-state index >= 15 is 0 Å². The number of amides is 2. The Morgan fingerprint density at radius 3 is 2.31 bits per heavy atom. The monoisotopic (exact) mass is 386 g/mol. The summed E-state index contributed by atoms with van der Waals surface area (Å²) < 4.78 is 4.95. The molecule has 144 valence electrons. The molecule has 1 aliphatic rings. The zero-order valence-corrected chi connectivity index (χ0v) is 15.5. The van der Waals surface area contributed by atoms with E-state index in [0.29, 0.717) is 35.8 Å². The molecule has 0 bridgehead atoms. The number of nitrogens with one attached hydrogen (secondary N) is 1. The summed E-state index contributed by atoms with van der Waals surface area (Å²) in [5, 5.41) is 11.2. The highest BCUT2D eigenvalue weighted by atomic mass is 16.6. The number of carbonyl (C=O) groups excluding carboxylic acids is 2. The molecule has 7 nitrogen and oxygen atoms in total. The van der Waals surface area contributed by atoms with Crippen LogP contribution in [0.4, 0.5) is 27.5 Å². The Hall–Kier alpha value is -4.00. The molecule has 0 aromatic heterocycles. The summed E-state index contributed by atoms with van der Waals surface area (Å²) in [4.78, 5) is 25.8. The van der Waals surface area contributed by atoms with Crippen molar-refractivity contribution in [3.63, 3.8) is 0 Å². The molecule has 3 aromatic carbocycles. The fraction of sp³-hybridized carbons (Fsp3) is 0.0909. The molecule has 2 amide bonds. The number of benzene rings is 3. The van der Waals surface area contributed by atoms with Gasteiger partial charge in [-0.2, -0.15) is 10.2 Å². The van der Waals surface area contributed by atoms with Crippen LogP contribution in [0.3, 0.4) is 0 Å². The number of hydrogen-bond donors (Lipinski definition) is 1. The third-order valence-corrected chi connectivity index (χ3v) is 4.34. The van der Waals surface area contributed by atoms with Crippen LogP contribution < -0.4 is 10.2 Å². The van der Waals surface area contributed by atoms with E-state index in [1.54, 1.807) is 48.5 Å². The number of nitrogens with zero attached hydrogens (tertiary/aromatic N) is 3. The quantitative estimate of drug-likeness (QED) is 0.603. The van der Waals surface area contributed by atoms with Gasteiger partial charge in [-0.25, -0.2) is 4.79 Å². The lowest BCUT2D eigenvalue weighted by molar-refractivity contribution is 0.102. The summed E-state index contributed by atoms with van der Waals surface area (Å²) in [6.07, 6.45) is -0.400. The highest BCUT2D eigenvalue weighted by Gasteiger charge is 2.24. The molecule has 4 rings (SSSR count). The van der Waals surface area contributed by atoms with Gasteiger partial charge in [0.05, 0.1) is 17.9 Å². The predicted molar refractivity (Wildman–Crippen MR) is 110 cm³/mol. The second-order valence-electron chi connectivity index (χ2n) is 6.35. The molecule has 0 spiro atoms. The largest absolute Gasteiger partial charge is 0.447 e. The number of hydrogen-bond acceptors (Lipinski definition) is 5. The fourth-order valence-corrected chi connectivity index (χ4v) is 2.87. The molecule has 1 N–H and O–H groups in total. The Morgan fingerprint density at radius 1 is 0.897 bits per heavy atom. The lowest BCUT2D eigenvalue weighted by Gasteiger charge is -2.13. The highest BCUT2D eigenvalue weighted by molar-refractivity contribution is 6.05. The zero-order chi connectivity index (χ0) is 20.1. The van der Waals surface area contributed by atoms with Crippen LogP contribution in [-0.2, 0) is 4.74 Å². The highest BCUT2D eigenvalue weighted by Crippen LogP contribution is 2.22. The van der Waals surface area contributed by atoms with Crippen molar-refractivity contribution in [2.75, 3.05) is 23.4 Å². The number of cyclic esters (lactones) is 1. The maximum absolute atomic E-state index is 12.6. The van der Waals surface area contributed by atoms with Gasteiger partial charge < -0.3 is 10.1 Å². The van der Waals surface area contributed by atoms with Crippen LogP contribution >= 0.6 is 0 Å². The third kappa shape index (κ3) is 4.47.